The fourth-order valence-corrected chi connectivity index (χ4v) is 2.89. The maximum atomic E-state index is 12.7. The Hall–Kier alpha value is -3.03. The van der Waals surface area contributed by atoms with E-state index in [1.807, 2.05) is 0 Å². The van der Waals surface area contributed by atoms with Crippen LogP contribution in [0, 0.1) is 6.92 Å². The second-order valence-corrected chi connectivity index (χ2v) is 5.98. The van der Waals surface area contributed by atoms with E-state index < -0.39 is 0 Å². The van der Waals surface area contributed by atoms with Crippen molar-refractivity contribution in [1.82, 2.24) is 15.0 Å². The SMILES string of the molecule is COc1ccc(C(=O)N2CCN(C(=O)c3cc(C)on3)CC2)cc1OC. The van der Waals surface area contributed by atoms with Crippen molar-refractivity contribution in [2.24, 2.45) is 0 Å². The summed E-state index contributed by atoms with van der Waals surface area (Å²) in [6, 6.07) is 6.69. The van der Waals surface area contributed by atoms with Crippen LogP contribution in [0.5, 0.6) is 11.5 Å². The largest absolute Gasteiger partial charge is 0.493 e. The van der Waals surface area contributed by atoms with Crippen molar-refractivity contribution in [2.75, 3.05) is 40.4 Å². The van der Waals surface area contributed by atoms with E-state index in [0.717, 1.165) is 0 Å². The van der Waals surface area contributed by atoms with Crippen molar-refractivity contribution < 1.29 is 23.6 Å². The van der Waals surface area contributed by atoms with Gasteiger partial charge in [0.25, 0.3) is 11.8 Å². The van der Waals surface area contributed by atoms with Crippen LogP contribution in [0.2, 0.25) is 0 Å². The van der Waals surface area contributed by atoms with E-state index in [2.05, 4.69) is 5.16 Å². The van der Waals surface area contributed by atoms with Gasteiger partial charge in [0.2, 0.25) is 0 Å². The number of methoxy groups -OCH3 is 2. The monoisotopic (exact) mass is 359 g/mol. The van der Waals surface area contributed by atoms with Gasteiger partial charge in [-0.2, -0.15) is 0 Å². The number of rotatable bonds is 4. The Labute approximate surface area is 151 Å². The third kappa shape index (κ3) is 3.49. The number of hydrogen-bond acceptors (Lipinski definition) is 6. The molecular formula is C18H21N3O5. The minimum atomic E-state index is -0.180. The minimum absolute atomic E-state index is 0.102. The lowest BCUT2D eigenvalue weighted by Gasteiger charge is -2.34. The number of carbonyl (C=O) groups excluding carboxylic acids is 2. The van der Waals surface area contributed by atoms with Crippen LogP contribution in [-0.2, 0) is 0 Å². The van der Waals surface area contributed by atoms with E-state index in [9.17, 15) is 9.59 Å². The summed E-state index contributed by atoms with van der Waals surface area (Å²) in [7, 11) is 3.08. The Morgan fingerprint density at radius 3 is 2.12 bits per heavy atom. The summed E-state index contributed by atoms with van der Waals surface area (Å²) in [6.45, 7) is 3.54. The topological polar surface area (TPSA) is 85.1 Å². The zero-order valence-electron chi connectivity index (χ0n) is 15.0. The molecule has 0 atom stereocenters. The summed E-state index contributed by atoms with van der Waals surface area (Å²) < 4.78 is 15.4. The van der Waals surface area contributed by atoms with Gasteiger partial charge in [0, 0.05) is 37.8 Å². The molecule has 0 unspecified atom stereocenters. The first-order valence-corrected chi connectivity index (χ1v) is 8.27. The molecule has 138 valence electrons. The predicted octanol–water partition coefficient (Wildman–Crippen LogP) is 1.60. The van der Waals surface area contributed by atoms with Crippen LogP contribution in [-0.4, -0.2) is 67.2 Å². The molecule has 0 bridgehead atoms. The molecule has 2 aromatic rings. The number of hydrogen-bond donors (Lipinski definition) is 0. The molecule has 0 radical (unpaired) electrons. The molecule has 3 rings (SSSR count). The van der Waals surface area contributed by atoms with Crippen molar-refractivity contribution in [1.29, 1.82) is 0 Å². The Balaban J connectivity index is 1.64. The highest BCUT2D eigenvalue weighted by molar-refractivity contribution is 5.95. The van der Waals surface area contributed by atoms with Crippen molar-refractivity contribution in [3.05, 3.63) is 41.3 Å². The fourth-order valence-electron chi connectivity index (χ4n) is 2.89. The Morgan fingerprint density at radius 1 is 0.962 bits per heavy atom. The maximum Gasteiger partial charge on any atom is 0.276 e. The first-order valence-electron chi connectivity index (χ1n) is 8.27. The second-order valence-electron chi connectivity index (χ2n) is 5.98. The molecule has 1 aliphatic rings. The van der Waals surface area contributed by atoms with Crippen molar-refractivity contribution in [3.8, 4) is 11.5 Å². The molecule has 2 heterocycles. The molecule has 26 heavy (non-hydrogen) atoms. The summed E-state index contributed by atoms with van der Waals surface area (Å²) in [6.07, 6.45) is 0. The van der Waals surface area contributed by atoms with Crippen LogP contribution >= 0.6 is 0 Å². The van der Waals surface area contributed by atoms with Crippen LogP contribution in [0.1, 0.15) is 26.6 Å². The quantitative estimate of drug-likeness (QED) is 0.824. The summed E-state index contributed by atoms with van der Waals surface area (Å²) >= 11 is 0. The van der Waals surface area contributed by atoms with Crippen LogP contribution in [0.15, 0.2) is 28.8 Å². The van der Waals surface area contributed by atoms with Gasteiger partial charge >= 0.3 is 0 Å². The summed E-state index contributed by atoms with van der Waals surface area (Å²) in [4.78, 5) is 28.5. The zero-order valence-corrected chi connectivity index (χ0v) is 15.0. The number of carbonyl (C=O) groups is 2. The normalized spacial score (nSPS) is 14.3. The first kappa shape index (κ1) is 17.8. The van der Waals surface area contributed by atoms with Crippen molar-refractivity contribution in [3.63, 3.8) is 0 Å². The molecule has 0 aliphatic carbocycles. The zero-order chi connectivity index (χ0) is 18.7. The molecule has 0 spiro atoms. The number of piperazine rings is 1. The first-order chi connectivity index (χ1) is 12.5. The van der Waals surface area contributed by atoms with Gasteiger partial charge in [-0.25, -0.2) is 0 Å². The Morgan fingerprint density at radius 2 is 1.58 bits per heavy atom. The van der Waals surface area contributed by atoms with Gasteiger partial charge in [-0.1, -0.05) is 5.16 Å². The van der Waals surface area contributed by atoms with E-state index in [-0.39, 0.29) is 11.8 Å². The molecule has 1 fully saturated rings. The summed E-state index contributed by atoms with van der Waals surface area (Å²) in [5.74, 6) is 1.39. The number of amides is 2. The van der Waals surface area contributed by atoms with E-state index in [0.29, 0.717) is 54.7 Å². The Bertz CT molecular complexity index is 809. The molecule has 2 amide bonds. The number of ether oxygens (including phenoxy) is 2. The highest BCUT2D eigenvalue weighted by Gasteiger charge is 2.27. The predicted molar refractivity (Wildman–Crippen MR) is 92.6 cm³/mol. The molecule has 1 aliphatic heterocycles. The molecule has 1 saturated heterocycles. The molecular weight excluding hydrogens is 338 g/mol. The van der Waals surface area contributed by atoms with Gasteiger partial charge in [-0.3, -0.25) is 9.59 Å². The number of aromatic nitrogens is 1. The fraction of sp³-hybridized carbons (Fsp3) is 0.389. The highest BCUT2D eigenvalue weighted by Crippen LogP contribution is 2.28. The highest BCUT2D eigenvalue weighted by atomic mass is 16.5. The van der Waals surface area contributed by atoms with E-state index in [1.54, 1.807) is 48.1 Å². The van der Waals surface area contributed by atoms with Crippen LogP contribution in [0.4, 0.5) is 0 Å². The van der Waals surface area contributed by atoms with Crippen LogP contribution in [0.3, 0.4) is 0 Å². The average Bonchev–Trinajstić information content (AvgIpc) is 3.12. The lowest BCUT2D eigenvalue weighted by atomic mass is 10.1. The number of benzene rings is 1. The molecule has 0 N–H and O–H groups in total. The van der Waals surface area contributed by atoms with Gasteiger partial charge in [0.05, 0.1) is 14.2 Å². The lowest BCUT2D eigenvalue weighted by Crippen LogP contribution is -2.50. The van der Waals surface area contributed by atoms with Crippen LogP contribution in [0.25, 0.3) is 0 Å². The average molecular weight is 359 g/mol. The number of nitrogens with zero attached hydrogens (tertiary/aromatic N) is 3. The molecule has 8 heteroatoms. The molecule has 1 aromatic heterocycles. The second kappa shape index (κ2) is 7.47. The smallest absolute Gasteiger partial charge is 0.276 e. The van der Waals surface area contributed by atoms with Gasteiger partial charge in [0.1, 0.15) is 5.76 Å². The summed E-state index contributed by atoms with van der Waals surface area (Å²) in [5, 5.41) is 3.76. The van der Waals surface area contributed by atoms with Crippen molar-refractivity contribution >= 4 is 11.8 Å². The standard InChI is InChI=1S/C18H21N3O5/c1-12-10-14(19-26-12)18(23)21-8-6-20(7-9-21)17(22)13-4-5-15(24-2)16(11-13)25-3/h4-5,10-11H,6-9H2,1-3H3. The molecule has 0 saturated carbocycles. The van der Waals surface area contributed by atoms with Crippen LogP contribution < -0.4 is 9.47 Å². The lowest BCUT2D eigenvalue weighted by molar-refractivity contribution is 0.0529. The van der Waals surface area contributed by atoms with Gasteiger partial charge in [0.15, 0.2) is 17.2 Å². The number of aryl methyl sites for hydroxylation is 1. The van der Waals surface area contributed by atoms with Crippen molar-refractivity contribution in [2.45, 2.75) is 6.92 Å². The molecule has 1 aromatic carbocycles. The third-order valence-electron chi connectivity index (χ3n) is 4.33. The van der Waals surface area contributed by atoms with E-state index in [4.69, 9.17) is 14.0 Å². The minimum Gasteiger partial charge on any atom is -0.493 e. The third-order valence-corrected chi connectivity index (χ3v) is 4.33. The van der Waals surface area contributed by atoms with E-state index >= 15 is 0 Å². The maximum absolute atomic E-state index is 12.7. The van der Waals surface area contributed by atoms with Gasteiger partial charge < -0.3 is 23.8 Å². The van der Waals surface area contributed by atoms with E-state index in [1.165, 1.54) is 7.11 Å². The van der Waals surface area contributed by atoms with Gasteiger partial charge in [-0.05, 0) is 25.1 Å². The Kier molecular flexibility index (Phi) is 5.11. The molecule has 8 nitrogen and oxygen atoms in total. The van der Waals surface area contributed by atoms with Gasteiger partial charge in [-0.15, -0.1) is 0 Å². The summed E-state index contributed by atoms with van der Waals surface area (Å²) in [5.41, 5.74) is 0.816.